The highest BCUT2D eigenvalue weighted by atomic mass is 79.9. The van der Waals surface area contributed by atoms with E-state index in [9.17, 15) is 0 Å². The molecule has 0 heterocycles. The topological polar surface area (TPSA) is 30.5 Å². The van der Waals surface area contributed by atoms with Crippen LogP contribution in [0.15, 0.2) is 34.8 Å². The molecule has 3 nitrogen and oxygen atoms in total. The molecule has 0 aliphatic heterocycles. The summed E-state index contributed by atoms with van der Waals surface area (Å²) in [6, 6.07) is 9.47. The minimum atomic E-state index is 0. The molecule has 0 unspecified atom stereocenters. The van der Waals surface area contributed by atoms with Gasteiger partial charge >= 0.3 is 0 Å². The second kappa shape index (κ2) is 11.1. The molecule has 0 saturated heterocycles. The lowest BCUT2D eigenvalue weighted by molar-refractivity contribution is 0.282. The summed E-state index contributed by atoms with van der Waals surface area (Å²) in [4.78, 5) is 0. The first-order valence-electron chi connectivity index (χ1n) is 7.69. The summed E-state index contributed by atoms with van der Waals surface area (Å²) in [5, 5.41) is 4.42. The highest BCUT2D eigenvalue weighted by molar-refractivity contribution is 9.10. The molecule has 0 radical (unpaired) electrons. The Kier molecular flexibility index (Phi) is 9.98. The molecular formula is C18H21BrCl3NO2. The van der Waals surface area contributed by atoms with Gasteiger partial charge in [0.2, 0.25) is 0 Å². The van der Waals surface area contributed by atoms with Crippen LogP contribution in [0.25, 0.3) is 0 Å². The van der Waals surface area contributed by atoms with Gasteiger partial charge in [0.15, 0.2) is 11.5 Å². The summed E-state index contributed by atoms with van der Waals surface area (Å²) < 4.78 is 12.3. The zero-order valence-corrected chi connectivity index (χ0v) is 18.0. The molecule has 0 aromatic heterocycles. The molecule has 0 aliphatic carbocycles. The van der Waals surface area contributed by atoms with Crippen LogP contribution in [0.1, 0.15) is 24.5 Å². The molecule has 0 amide bonds. The van der Waals surface area contributed by atoms with Crippen LogP contribution in [0.5, 0.6) is 11.5 Å². The van der Waals surface area contributed by atoms with Crippen LogP contribution in [0, 0.1) is 0 Å². The van der Waals surface area contributed by atoms with Gasteiger partial charge in [0, 0.05) is 6.54 Å². The highest BCUT2D eigenvalue weighted by Gasteiger charge is 2.12. The van der Waals surface area contributed by atoms with Crippen molar-refractivity contribution in [1.82, 2.24) is 5.32 Å². The first kappa shape index (κ1) is 22.4. The van der Waals surface area contributed by atoms with Gasteiger partial charge in [-0.25, -0.2) is 0 Å². The maximum absolute atomic E-state index is 6.04. The van der Waals surface area contributed by atoms with Gasteiger partial charge in [-0.1, -0.05) is 36.2 Å². The quantitative estimate of drug-likeness (QED) is 0.463. The summed E-state index contributed by atoms with van der Waals surface area (Å²) in [5.41, 5.74) is 2.07. The highest BCUT2D eigenvalue weighted by Crippen LogP contribution is 2.37. The van der Waals surface area contributed by atoms with Gasteiger partial charge in [-0.2, -0.15) is 0 Å². The maximum atomic E-state index is 6.04. The third-order valence-electron chi connectivity index (χ3n) is 3.41. The van der Waals surface area contributed by atoms with Crippen LogP contribution >= 0.6 is 51.5 Å². The van der Waals surface area contributed by atoms with Crippen molar-refractivity contribution in [2.24, 2.45) is 0 Å². The van der Waals surface area contributed by atoms with Crippen molar-refractivity contribution in [3.63, 3.8) is 0 Å². The smallest absolute Gasteiger partial charge is 0.175 e. The summed E-state index contributed by atoms with van der Waals surface area (Å²) >= 11 is 15.5. The summed E-state index contributed by atoms with van der Waals surface area (Å²) in [6.07, 6.45) is 1.10. The van der Waals surface area contributed by atoms with Crippen molar-refractivity contribution >= 4 is 51.5 Å². The first-order chi connectivity index (χ1) is 11.5. The zero-order valence-electron chi connectivity index (χ0n) is 14.1. The lowest BCUT2D eigenvalue weighted by atomic mass is 10.2. The SMILES string of the molecule is CCCNCc1cc(Br)c(OCc2ccc(Cl)c(Cl)c2)c(OC)c1.Cl. The van der Waals surface area contributed by atoms with Crippen LogP contribution in [-0.2, 0) is 13.2 Å². The van der Waals surface area contributed by atoms with E-state index in [2.05, 4.69) is 28.2 Å². The maximum Gasteiger partial charge on any atom is 0.175 e. The number of benzene rings is 2. The van der Waals surface area contributed by atoms with Crippen LogP contribution in [-0.4, -0.2) is 13.7 Å². The van der Waals surface area contributed by atoms with Gasteiger partial charge in [0.1, 0.15) is 6.61 Å². The Morgan fingerprint density at radius 3 is 2.48 bits per heavy atom. The Labute approximate surface area is 173 Å². The van der Waals surface area contributed by atoms with E-state index in [0.717, 1.165) is 35.1 Å². The summed E-state index contributed by atoms with van der Waals surface area (Å²) in [7, 11) is 1.64. The number of rotatable bonds is 8. The summed E-state index contributed by atoms with van der Waals surface area (Å²) in [5.74, 6) is 1.36. The molecule has 25 heavy (non-hydrogen) atoms. The second-order valence-corrected chi connectivity index (χ2v) is 6.99. The van der Waals surface area contributed by atoms with Gasteiger partial charge in [-0.3, -0.25) is 0 Å². The van der Waals surface area contributed by atoms with Gasteiger partial charge in [-0.05, 0) is 64.3 Å². The molecule has 2 aromatic rings. The van der Waals surface area contributed by atoms with E-state index in [1.807, 2.05) is 18.2 Å². The van der Waals surface area contributed by atoms with E-state index in [1.54, 1.807) is 19.2 Å². The molecular weight excluding hydrogens is 448 g/mol. The van der Waals surface area contributed by atoms with E-state index in [4.69, 9.17) is 32.7 Å². The number of hydrogen-bond acceptors (Lipinski definition) is 3. The zero-order chi connectivity index (χ0) is 17.5. The van der Waals surface area contributed by atoms with Crippen LogP contribution < -0.4 is 14.8 Å². The molecule has 0 saturated carbocycles. The van der Waals surface area contributed by atoms with Crippen LogP contribution in [0.4, 0.5) is 0 Å². The molecule has 138 valence electrons. The van der Waals surface area contributed by atoms with E-state index < -0.39 is 0 Å². The van der Waals surface area contributed by atoms with Gasteiger partial charge in [-0.15, -0.1) is 12.4 Å². The Bertz CT molecular complexity index is 698. The first-order valence-corrected chi connectivity index (χ1v) is 9.24. The van der Waals surface area contributed by atoms with Crippen molar-refractivity contribution in [1.29, 1.82) is 0 Å². The average molecular weight is 470 g/mol. The van der Waals surface area contributed by atoms with Gasteiger partial charge in [0.05, 0.1) is 21.6 Å². The fourth-order valence-corrected chi connectivity index (χ4v) is 3.13. The predicted molar refractivity (Wildman–Crippen MR) is 111 cm³/mol. The van der Waals surface area contributed by atoms with Crippen molar-refractivity contribution in [3.05, 3.63) is 56.0 Å². The van der Waals surface area contributed by atoms with Crippen LogP contribution in [0.3, 0.4) is 0 Å². The normalized spacial score (nSPS) is 10.3. The Morgan fingerprint density at radius 1 is 1.08 bits per heavy atom. The number of hydrogen-bond donors (Lipinski definition) is 1. The monoisotopic (exact) mass is 467 g/mol. The van der Waals surface area contributed by atoms with Crippen molar-refractivity contribution < 1.29 is 9.47 Å². The van der Waals surface area contributed by atoms with E-state index in [0.29, 0.717) is 28.2 Å². The Morgan fingerprint density at radius 2 is 1.84 bits per heavy atom. The third kappa shape index (κ3) is 6.54. The predicted octanol–water partition coefficient (Wildman–Crippen LogP) is 6.26. The fourth-order valence-electron chi connectivity index (χ4n) is 2.21. The lowest BCUT2D eigenvalue weighted by Gasteiger charge is -2.15. The molecule has 0 aliphatic rings. The third-order valence-corrected chi connectivity index (χ3v) is 4.74. The largest absolute Gasteiger partial charge is 0.493 e. The molecule has 7 heteroatoms. The Hall–Kier alpha value is -0.650. The molecule has 2 rings (SSSR count). The standard InChI is InChI=1S/C18H20BrCl2NO2.ClH/c1-3-6-22-10-13-7-14(19)18(17(9-13)23-2)24-11-12-4-5-15(20)16(21)8-12;/h4-5,7-9,22H,3,6,10-11H2,1-2H3;1H. The molecule has 2 aromatic carbocycles. The number of nitrogens with one attached hydrogen (secondary N) is 1. The molecule has 0 atom stereocenters. The molecule has 0 fully saturated rings. The fraction of sp³-hybridized carbons (Fsp3) is 0.333. The molecule has 0 bridgehead atoms. The second-order valence-electron chi connectivity index (χ2n) is 5.32. The van der Waals surface area contributed by atoms with Crippen molar-refractivity contribution in [2.75, 3.05) is 13.7 Å². The average Bonchev–Trinajstić information content (AvgIpc) is 2.56. The van der Waals surface area contributed by atoms with E-state index >= 15 is 0 Å². The minimum Gasteiger partial charge on any atom is -0.493 e. The lowest BCUT2D eigenvalue weighted by Crippen LogP contribution is -2.14. The van der Waals surface area contributed by atoms with Crippen LogP contribution in [0.2, 0.25) is 10.0 Å². The Balaban J connectivity index is 0.00000312. The van der Waals surface area contributed by atoms with Crippen molar-refractivity contribution in [3.8, 4) is 11.5 Å². The van der Waals surface area contributed by atoms with E-state index in [-0.39, 0.29) is 12.4 Å². The van der Waals surface area contributed by atoms with E-state index in [1.165, 1.54) is 0 Å². The van der Waals surface area contributed by atoms with Crippen molar-refractivity contribution in [2.45, 2.75) is 26.5 Å². The number of ether oxygens (including phenoxy) is 2. The van der Waals surface area contributed by atoms with Gasteiger partial charge < -0.3 is 14.8 Å². The number of methoxy groups -OCH3 is 1. The minimum absolute atomic E-state index is 0. The number of halogens is 4. The molecule has 0 spiro atoms. The molecule has 1 N–H and O–H groups in total. The summed E-state index contributed by atoms with van der Waals surface area (Å²) in [6.45, 7) is 4.29. The van der Waals surface area contributed by atoms with Gasteiger partial charge in [0.25, 0.3) is 0 Å².